The number of amides is 4. The van der Waals surface area contributed by atoms with Crippen molar-refractivity contribution in [2.75, 3.05) is 7.05 Å². The average Bonchev–Trinajstić information content (AvgIpc) is 2.24. The van der Waals surface area contributed by atoms with Crippen LogP contribution in [-0.4, -0.2) is 29.8 Å². The lowest BCUT2D eigenvalue weighted by atomic mass is 9.77. The van der Waals surface area contributed by atoms with Gasteiger partial charge in [0.25, 0.3) is 0 Å². The second-order valence-corrected chi connectivity index (χ2v) is 3.69. The Morgan fingerprint density at radius 1 is 1.25 bits per heavy atom. The van der Waals surface area contributed by atoms with Gasteiger partial charge >= 0.3 is 6.03 Å². The molecule has 0 aromatic carbocycles. The van der Waals surface area contributed by atoms with Crippen molar-refractivity contribution in [1.82, 2.24) is 10.2 Å². The molecule has 1 rings (SSSR count). The molecular formula is C11H14N2O3. The number of carbonyl (C=O) groups is 3. The van der Waals surface area contributed by atoms with E-state index in [-0.39, 0.29) is 12.8 Å². The third kappa shape index (κ3) is 1.64. The highest BCUT2D eigenvalue weighted by Crippen LogP contribution is 2.32. The van der Waals surface area contributed by atoms with Crippen molar-refractivity contribution in [2.45, 2.75) is 12.8 Å². The van der Waals surface area contributed by atoms with Crippen LogP contribution in [-0.2, 0) is 9.59 Å². The van der Waals surface area contributed by atoms with Gasteiger partial charge in [-0.2, -0.15) is 0 Å². The van der Waals surface area contributed by atoms with E-state index >= 15 is 0 Å². The highest BCUT2D eigenvalue weighted by molar-refractivity contribution is 6.19. The van der Waals surface area contributed by atoms with Gasteiger partial charge in [0.05, 0.1) is 0 Å². The molecule has 86 valence electrons. The van der Waals surface area contributed by atoms with Crippen LogP contribution in [0.25, 0.3) is 0 Å². The molecule has 5 heteroatoms. The van der Waals surface area contributed by atoms with Gasteiger partial charge in [-0.3, -0.25) is 19.8 Å². The van der Waals surface area contributed by atoms with Gasteiger partial charge in [0, 0.05) is 7.05 Å². The van der Waals surface area contributed by atoms with Gasteiger partial charge in [-0.25, -0.2) is 4.79 Å². The largest absolute Gasteiger partial charge is 0.330 e. The van der Waals surface area contributed by atoms with Crippen molar-refractivity contribution < 1.29 is 14.4 Å². The molecule has 0 aromatic heterocycles. The lowest BCUT2D eigenvalue weighted by Crippen LogP contribution is -2.62. The number of urea groups is 1. The van der Waals surface area contributed by atoms with Gasteiger partial charge in [-0.15, -0.1) is 13.2 Å². The predicted octanol–water partition coefficient (Wildman–Crippen LogP) is 0.833. The summed E-state index contributed by atoms with van der Waals surface area (Å²) in [7, 11) is 1.34. The molecule has 1 aliphatic rings. The van der Waals surface area contributed by atoms with Crippen molar-refractivity contribution in [1.29, 1.82) is 0 Å². The van der Waals surface area contributed by atoms with Crippen molar-refractivity contribution >= 4 is 17.8 Å². The number of rotatable bonds is 4. The highest BCUT2D eigenvalue weighted by Gasteiger charge is 2.50. The summed E-state index contributed by atoms with van der Waals surface area (Å²) in [5.41, 5.74) is -1.27. The fraction of sp³-hybridized carbons (Fsp3) is 0.364. The van der Waals surface area contributed by atoms with Crippen LogP contribution in [0.5, 0.6) is 0 Å². The molecule has 0 atom stereocenters. The van der Waals surface area contributed by atoms with E-state index in [9.17, 15) is 14.4 Å². The van der Waals surface area contributed by atoms with Crippen molar-refractivity contribution in [2.24, 2.45) is 5.41 Å². The quantitative estimate of drug-likeness (QED) is 0.566. The molecule has 0 aliphatic carbocycles. The lowest BCUT2D eigenvalue weighted by Gasteiger charge is -2.36. The van der Waals surface area contributed by atoms with Crippen LogP contribution in [0.1, 0.15) is 12.8 Å². The summed E-state index contributed by atoms with van der Waals surface area (Å²) in [6.45, 7) is 7.05. The van der Waals surface area contributed by atoms with E-state index in [4.69, 9.17) is 0 Å². The van der Waals surface area contributed by atoms with Crippen molar-refractivity contribution in [3.63, 3.8) is 0 Å². The Balaban J connectivity index is 3.18. The van der Waals surface area contributed by atoms with Crippen LogP contribution < -0.4 is 5.32 Å². The zero-order valence-electron chi connectivity index (χ0n) is 9.16. The molecule has 0 saturated carbocycles. The number of carbonyl (C=O) groups excluding carboxylic acids is 3. The van der Waals surface area contributed by atoms with E-state index in [0.29, 0.717) is 0 Å². The molecule has 1 saturated heterocycles. The number of barbiturate groups is 1. The number of imide groups is 2. The molecule has 0 spiro atoms. The minimum absolute atomic E-state index is 0.182. The van der Waals surface area contributed by atoms with E-state index in [2.05, 4.69) is 18.5 Å². The number of nitrogens with zero attached hydrogens (tertiary/aromatic N) is 1. The van der Waals surface area contributed by atoms with Crippen LogP contribution in [0.2, 0.25) is 0 Å². The van der Waals surface area contributed by atoms with E-state index < -0.39 is 23.3 Å². The lowest BCUT2D eigenvalue weighted by molar-refractivity contribution is -0.150. The van der Waals surface area contributed by atoms with Crippen LogP contribution in [0.4, 0.5) is 4.79 Å². The molecular weight excluding hydrogens is 208 g/mol. The topological polar surface area (TPSA) is 66.5 Å². The first kappa shape index (κ1) is 12.2. The maximum Gasteiger partial charge on any atom is 0.330 e. The fourth-order valence-corrected chi connectivity index (χ4v) is 1.75. The summed E-state index contributed by atoms with van der Waals surface area (Å²) in [6.07, 6.45) is 3.35. The smallest absolute Gasteiger partial charge is 0.277 e. The molecule has 0 unspecified atom stereocenters. The monoisotopic (exact) mass is 222 g/mol. The minimum atomic E-state index is -1.27. The van der Waals surface area contributed by atoms with Crippen LogP contribution in [0, 0.1) is 5.41 Å². The Labute approximate surface area is 93.8 Å². The van der Waals surface area contributed by atoms with Crippen molar-refractivity contribution in [3.05, 3.63) is 25.3 Å². The Hall–Kier alpha value is -1.91. The van der Waals surface area contributed by atoms with Crippen LogP contribution >= 0.6 is 0 Å². The first-order chi connectivity index (χ1) is 7.49. The zero-order valence-corrected chi connectivity index (χ0v) is 9.16. The van der Waals surface area contributed by atoms with Gasteiger partial charge < -0.3 is 0 Å². The van der Waals surface area contributed by atoms with Crippen LogP contribution in [0.15, 0.2) is 25.3 Å². The molecule has 1 aliphatic heterocycles. The molecule has 1 heterocycles. The van der Waals surface area contributed by atoms with Crippen molar-refractivity contribution in [3.8, 4) is 0 Å². The third-order valence-corrected chi connectivity index (χ3v) is 2.66. The standard InChI is InChI=1S/C11H14N2O3/c1-4-6-11(7-5-2)8(14)12-10(16)13(3)9(11)15/h4-5H,1-2,6-7H2,3H3,(H,12,14,16). The normalized spacial score (nSPS) is 19.3. The molecule has 0 bridgehead atoms. The number of hydrogen-bond acceptors (Lipinski definition) is 3. The van der Waals surface area contributed by atoms with Gasteiger partial charge in [0.15, 0.2) is 0 Å². The zero-order chi connectivity index (χ0) is 12.3. The Bertz CT molecular complexity index is 363. The fourth-order valence-electron chi connectivity index (χ4n) is 1.75. The Morgan fingerprint density at radius 2 is 1.75 bits per heavy atom. The number of nitrogens with one attached hydrogen (secondary N) is 1. The van der Waals surface area contributed by atoms with Gasteiger partial charge in [-0.05, 0) is 12.8 Å². The molecule has 5 nitrogen and oxygen atoms in total. The van der Waals surface area contributed by atoms with E-state index in [1.165, 1.54) is 19.2 Å². The summed E-state index contributed by atoms with van der Waals surface area (Å²) < 4.78 is 0. The first-order valence-corrected chi connectivity index (χ1v) is 4.85. The average molecular weight is 222 g/mol. The minimum Gasteiger partial charge on any atom is -0.277 e. The number of hydrogen-bond donors (Lipinski definition) is 1. The SMILES string of the molecule is C=CCC1(CC=C)C(=O)NC(=O)N(C)C1=O. The summed E-state index contributed by atoms with van der Waals surface area (Å²) in [5, 5.41) is 2.15. The molecule has 1 N–H and O–H groups in total. The first-order valence-electron chi connectivity index (χ1n) is 4.85. The van der Waals surface area contributed by atoms with Gasteiger partial charge in [-0.1, -0.05) is 12.2 Å². The molecule has 16 heavy (non-hydrogen) atoms. The maximum atomic E-state index is 12.0. The van der Waals surface area contributed by atoms with Crippen LogP contribution in [0.3, 0.4) is 0 Å². The Kier molecular flexibility index (Phi) is 3.27. The van der Waals surface area contributed by atoms with E-state index in [1.54, 1.807) is 0 Å². The summed E-state index contributed by atoms with van der Waals surface area (Å²) in [5.74, 6) is -1.10. The van der Waals surface area contributed by atoms with Gasteiger partial charge in [0.2, 0.25) is 11.8 Å². The second kappa shape index (κ2) is 4.30. The van der Waals surface area contributed by atoms with Gasteiger partial charge in [0.1, 0.15) is 5.41 Å². The Morgan fingerprint density at radius 3 is 2.19 bits per heavy atom. The molecule has 4 amide bonds. The van der Waals surface area contributed by atoms with E-state index in [0.717, 1.165) is 4.90 Å². The summed E-state index contributed by atoms with van der Waals surface area (Å²) >= 11 is 0. The maximum absolute atomic E-state index is 12.0. The molecule has 0 aromatic rings. The van der Waals surface area contributed by atoms with E-state index in [1.807, 2.05) is 0 Å². The number of allylic oxidation sites excluding steroid dienone is 2. The summed E-state index contributed by atoms with van der Waals surface area (Å²) in [4.78, 5) is 35.9. The predicted molar refractivity (Wildman–Crippen MR) is 58.4 cm³/mol. The second-order valence-electron chi connectivity index (χ2n) is 3.69. The third-order valence-electron chi connectivity index (χ3n) is 2.66. The molecule has 0 radical (unpaired) electrons. The highest BCUT2D eigenvalue weighted by atomic mass is 16.2. The molecule has 1 fully saturated rings. The summed E-state index contributed by atoms with van der Waals surface area (Å²) in [6, 6.07) is -0.696.